The highest BCUT2D eigenvalue weighted by atomic mass is 16.6. The van der Waals surface area contributed by atoms with Crippen LogP contribution in [0.3, 0.4) is 0 Å². The summed E-state index contributed by atoms with van der Waals surface area (Å²) in [7, 11) is 0. The summed E-state index contributed by atoms with van der Waals surface area (Å²) in [5.74, 6) is -1.01. The van der Waals surface area contributed by atoms with E-state index in [1.165, 1.54) is 4.90 Å². The number of hydrogen-bond donors (Lipinski definition) is 2. The van der Waals surface area contributed by atoms with Crippen molar-refractivity contribution >= 4 is 12.1 Å². The summed E-state index contributed by atoms with van der Waals surface area (Å²) >= 11 is 0. The van der Waals surface area contributed by atoms with Crippen molar-refractivity contribution < 1.29 is 29.3 Å². The molecule has 1 fully saturated rings. The normalized spacial score (nSPS) is 24.1. The smallest absolute Gasteiger partial charge is 0.410 e. The minimum absolute atomic E-state index is 0.151. The topological polar surface area (TPSA) is 96.3 Å². The van der Waals surface area contributed by atoms with Crippen LogP contribution in [0.5, 0.6) is 0 Å². The van der Waals surface area contributed by atoms with Gasteiger partial charge in [0.1, 0.15) is 5.60 Å². The fourth-order valence-corrected chi connectivity index (χ4v) is 1.81. The van der Waals surface area contributed by atoms with Crippen molar-refractivity contribution in [3.05, 3.63) is 0 Å². The van der Waals surface area contributed by atoms with Crippen LogP contribution in [0.2, 0.25) is 0 Å². The Bertz CT molecular complexity index is 338. The van der Waals surface area contributed by atoms with E-state index in [1.807, 2.05) is 0 Å². The van der Waals surface area contributed by atoms with Gasteiger partial charge in [0.2, 0.25) is 0 Å². The Kier molecular flexibility index (Phi) is 5.13. The molecule has 2 atom stereocenters. The molecule has 1 heterocycles. The first kappa shape index (κ1) is 15.7. The number of aliphatic carboxylic acids is 1. The van der Waals surface area contributed by atoms with Gasteiger partial charge in [0.05, 0.1) is 38.3 Å². The van der Waals surface area contributed by atoms with Crippen molar-refractivity contribution in [1.29, 1.82) is 0 Å². The number of amides is 1. The average molecular weight is 275 g/mol. The molecule has 0 aromatic heterocycles. The Morgan fingerprint density at radius 2 is 1.89 bits per heavy atom. The number of carbonyl (C=O) groups excluding carboxylic acids is 1. The lowest BCUT2D eigenvalue weighted by molar-refractivity contribution is -0.147. The Morgan fingerprint density at radius 3 is 2.37 bits per heavy atom. The van der Waals surface area contributed by atoms with E-state index < -0.39 is 29.9 Å². The Labute approximate surface area is 112 Å². The standard InChI is InChI=1S/C12H21NO6/c1-12(2,3)19-11(17)13-5-8(4-10(15)16)18-9(6-13)7-14/h8-9,14H,4-7H2,1-3H3,(H,15,16)/t8-,9-/m0/s1. The second kappa shape index (κ2) is 6.21. The zero-order chi connectivity index (χ0) is 14.6. The van der Waals surface area contributed by atoms with Crippen molar-refractivity contribution in [3.63, 3.8) is 0 Å². The van der Waals surface area contributed by atoms with Crippen LogP contribution in [0.4, 0.5) is 4.79 Å². The summed E-state index contributed by atoms with van der Waals surface area (Å²) in [4.78, 5) is 24.0. The van der Waals surface area contributed by atoms with Gasteiger partial charge in [-0.3, -0.25) is 4.79 Å². The van der Waals surface area contributed by atoms with Gasteiger partial charge in [-0.1, -0.05) is 0 Å². The lowest BCUT2D eigenvalue weighted by Gasteiger charge is -2.37. The number of ether oxygens (including phenoxy) is 2. The lowest BCUT2D eigenvalue weighted by atomic mass is 10.1. The molecule has 1 saturated heterocycles. The van der Waals surface area contributed by atoms with Crippen molar-refractivity contribution in [2.75, 3.05) is 19.7 Å². The predicted molar refractivity (Wildman–Crippen MR) is 65.8 cm³/mol. The Morgan fingerprint density at radius 1 is 1.32 bits per heavy atom. The maximum atomic E-state index is 11.9. The highest BCUT2D eigenvalue weighted by molar-refractivity contribution is 5.69. The molecule has 0 unspecified atom stereocenters. The van der Waals surface area contributed by atoms with E-state index in [-0.39, 0.29) is 26.1 Å². The maximum Gasteiger partial charge on any atom is 0.410 e. The number of carbonyl (C=O) groups is 2. The molecule has 0 saturated carbocycles. The van der Waals surface area contributed by atoms with Gasteiger partial charge in [0.15, 0.2) is 0 Å². The number of aliphatic hydroxyl groups is 1. The fraction of sp³-hybridized carbons (Fsp3) is 0.833. The van der Waals surface area contributed by atoms with Crippen LogP contribution in [0.1, 0.15) is 27.2 Å². The molecule has 0 aromatic rings. The molecule has 0 aromatic carbocycles. The van der Waals surface area contributed by atoms with E-state index >= 15 is 0 Å². The molecule has 0 spiro atoms. The molecule has 0 radical (unpaired) electrons. The van der Waals surface area contributed by atoms with Gasteiger partial charge in [-0.05, 0) is 20.8 Å². The van der Waals surface area contributed by atoms with Crippen molar-refractivity contribution in [2.24, 2.45) is 0 Å². The monoisotopic (exact) mass is 275 g/mol. The van der Waals surface area contributed by atoms with Gasteiger partial charge in [-0.15, -0.1) is 0 Å². The van der Waals surface area contributed by atoms with E-state index in [0.29, 0.717) is 0 Å². The molecule has 1 rings (SSSR count). The first-order chi connectivity index (χ1) is 8.71. The molecular formula is C12H21NO6. The third-order valence-corrected chi connectivity index (χ3v) is 2.49. The second-order valence-corrected chi connectivity index (χ2v) is 5.55. The van der Waals surface area contributed by atoms with Crippen LogP contribution in [0, 0.1) is 0 Å². The first-order valence-corrected chi connectivity index (χ1v) is 6.17. The summed E-state index contributed by atoms with van der Waals surface area (Å²) in [6.45, 7) is 5.34. The summed E-state index contributed by atoms with van der Waals surface area (Å²) in [6, 6.07) is 0. The summed E-state index contributed by atoms with van der Waals surface area (Å²) < 4.78 is 10.6. The third kappa shape index (κ3) is 5.44. The number of carboxylic acids is 1. The maximum absolute atomic E-state index is 11.9. The number of nitrogens with zero attached hydrogens (tertiary/aromatic N) is 1. The van der Waals surface area contributed by atoms with Gasteiger partial charge in [-0.25, -0.2) is 4.79 Å². The SMILES string of the molecule is CC(C)(C)OC(=O)N1C[C@@H](CO)O[C@@H](CC(=O)O)C1. The summed E-state index contributed by atoms with van der Waals surface area (Å²) in [6.07, 6.45) is -1.94. The van der Waals surface area contributed by atoms with Crippen molar-refractivity contribution in [1.82, 2.24) is 4.90 Å². The average Bonchev–Trinajstić information content (AvgIpc) is 2.25. The molecule has 7 nitrogen and oxygen atoms in total. The number of hydrogen-bond acceptors (Lipinski definition) is 5. The zero-order valence-corrected chi connectivity index (χ0v) is 11.5. The molecule has 1 aliphatic rings. The number of rotatable bonds is 3. The molecule has 110 valence electrons. The lowest BCUT2D eigenvalue weighted by Crippen LogP contribution is -2.52. The van der Waals surface area contributed by atoms with Crippen LogP contribution in [-0.4, -0.2) is 64.7 Å². The molecule has 0 bridgehead atoms. The van der Waals surface area contributed by atoms with Gasteiger partial charge < -0.3 is 24.6 Å². The third-order valence-electron chi connectivity index (χ3n) is 2.49. The number of morpholine rings is 1. The molecule has 7 heteroatoms. The van der Waals surface area contributed by atoms with Crippen molar-refractivity contribution in [2.45, 2.75) is 45.0 Å². The van der Waals surface area contributed by atoms with Crippen LogP contribution >= 0.6 is 0 Å². The summed E-state index contributed by atoms with van der Waals surface area (Å²) in [5.41, 5.74) is -0.619. The van der Waals surface area contributed by atoms with Crippen LogP contribution in [-0.2, 0) is 14.3 Å². The largest absolute Gasteiger partial charge is 0.481 e. The minimum Gasteiger partial charge on any atom is -0.481 e. The number of carboxylic acid groups (broad SMARTS) is 1. The van der Waals surface area contributed by atoms with E-state index in [2.05, 4.69) is 0 Å². The minimum atomic E-state index is -1.01. The Hall–Kier alpha value is -1.34. The fourth-order valence-electron chi connectivity index (χ4n) is 1.81. The highest BCUT2D eigenvalue weighted by Crippen LogP contribution is 2.17. The van der Waals surface area contributed by atoms with Gasteiger partial charge in [-0.2, -0.15) is 0 Å². The van der Waals surface area contributed by atoms with E-state index in [0.717, 1.165) is 0 Å². The number of aliphatic hydroxyl groups excluding tert-OH is 1. The molecule has 0 aliphatic carbocycles. The zero-order valence-electron chi connectivity index (χ0n) is 11.5. The van der Waals surface area contributed by atoms with Crippen LogP contribution in [0.25, 0.3) is 0 Å². The van der Waals surface area contributed by atoms with Gasteiger partial charge in [0.25, 0.3) is 0 Å². The van der Waals surface area contributed by atoms with E-state index in [4.69, 9.17) is 19.7 Å². The quantitative estimate of drug-likeness (QED) is 0.776. The van der Waals surface area contributed by atoms with Crippen molar-refractivity contribution in [3.8, 4) is 0 Å². The van der Waals surface area contributed by atoms with Crippen LogP contribution in [0.15, 0.2) is 0 Å². The second-order valence-electron chi connectivity index (χ2n) is 5.55. The van der Waals surface area contributed by atoms with Gasteiger partial charge >= 0.3 is 12.1 Å². The predicted octanol–water partition coefficient (Wildman–Crippen LogP) is 0.458. The first-order valence-electron chi connectivity index (χ1n) is 6.17. The Balaban J connectivity index is 2.66. The summed E-state index contributed by atoms with van der Waals surface area (Å²) in [5, 5.41) is 17.9. The van der Waals surface area contributed by atoms with E-state index in [1.54, 1.807) is 20.8 Å². The molecule has 2 N–H and O–H groups in total. The molecular weight excluding hydrogens is 254 g/mol. The molecule has 19 heavy (non-hydrogen) atoms. The van der Waals surface area contributed by atoms with E-state index in [9.17, 15) is 9.59 Å². The molecule has 1 aliphatic heterocycles. The van der Waals surface area contributed by atoms with Crippen LogP contribution < -0.4 is 0 Å². The molecule has 1 amide bonds. The highest BCUT2D eigenvalue weighted by Gasteiger charge is 2.33. The van der Waals surface area contributed by atoms with Gasteiger partial charge in [0, 0.05) is 0 Å².